The number of carbonyl (C=O) groups excluding carboxylic acids is 1. The first kappa shape index (κ1) is 14.8. The summed E-state index contributed by atoms with van der Waals surface area (Å²) in [4.78, 5) is 13.9. The van der Waals surface area contributed by atoms with Gasteiger partial charge in [-0.25, -0.2) is 0 Å². The van der Waals surface area contributed by atoms with Gasteiger partial charge in [0.1, 0.15) is 24.7 Å². The van der Waals surface area contributed by atoms with Crippen molar-refractivity contribution < 1.29 is 24.5 Å². The molecule has 0 spiro atoms. The lowest BCUT2D eigenvalue weighted by atomic mass is 10.2. The average Bonchev–Trinajstić information content (AvgIpc) is 2.43. The van der Waals surface area contributed by atoms with Crippen LogP contribution in [0, 0.1) is 0 Å². The maximum absolute atomic E-state index is 11.5. The highest BCUT2D eigenvalue weighted by Crippen LogP contribution is 2.23. The van der Waals surface area contributed by atoms with Crippen molar-refractivity contribution >= 4 is 5.91 Å². The number of aliphatic hydroxyl groups excluding tert-OH is 2. The Balaban J connectivity index is 3.00. The van der Waals surface area contributed by atoms with E-state index < -0.39 is 5.91 Å². The molecule has 1 amide bonds. The van der Waals surface area contributed by atoms with Gasteiger partial charge >= 0.3 is 0 Å². The van der Waals surface area contributed by atoms with Gasteiger partial charge in [0.05, 0.1) is 13.2 Å². The van der Waals surface area contributed by atoms with Crippen LogP contribution >= 0.6 is 0 Å². The third-order valence-corrected chi connectivity index (χ3v) is 1.98. The normalized spacial score (nSPS) is 9.58. The quantitative estimate of drug-likeness (QED) is 0.431. The first-order valence-electron chi connectivity index (χ1n) is 5.43. The third-order valence-electron chi connectivity index (χ3n) is 1.98. The number of hydrogen-bond donors (Lipinski definition) is 2. The molecule has 8 nitrogen and oxygen atoms in total. The first-order chi connectivity index (χ1) is 9.21. The summed E-state index contributed by atoms with van der Waals surface area (Å²) in [6.07, 6.45) is 0. The molecule has 1 aromatic rings. The minimum absolute atomic E-state index is 0.0542. The molecule has 0 saturated heterocycles. The second kappa shape index (κ2) is 7.93. The monoisotopic (exact) mass is 267 g/mol. The standard InChI is InChI=1S/C11H13N3O5/c12-14-13-11(17)8-5-9(18-3-1-15)7-10(6-8)19-4-2-16/h5-7,15-16H,1-4H2. The van der Waals surface area contributed by atoms with Crippen LogP contribution in [-0.2, 0) is 0 Å². The van der Waals surface area contributed by atoms with Gasteiger partial charge in [-0.3, -0.25) is 4.79 Å². The lowest BCUT2D eigenvalue weighted by Gasteiger charge is -2.10. The number of benzene rings is 1. The molecule has 0 aliphatic rings. The zero-order chi connectivity index (χ0) is 14.1. The van der Waals surface area contributed by atoms with Crippen LogP contribution in [0.4, 0.5) is 0 Å². The molecule has 0 heterocycles. The number of amides is 1. The van der Waals surface area contributed by atoms with E-state index in [1.165, 1.54) is 18.2 Å². The lowest BCUT2D eigenvalue weighted by Crippen LogP contribution is -2.06. The molecule has 0 bridgehead atoms. The van der Waals surface area contributed by atoms with E-state index in [0.29, 0.717) is 11.5 Å². The van der Waals surface area contributed by atoms with E-state index in [0.717, 1.165) is 0 Å². The highest BCUT2D eigenvalue weighted by Gasteiger charge is 2.09. The summed E-state index contributed by atoms with van der Waals surface area (Å²) in [6.45, 7) is -0.250. The van der Waals surface area contributed by atoms with Gasteiger partial charge in [0.25, 0.3) is 0 Å². The van der Waals surface area contributed by atoms with Crippen LogP contribution in [-0.4, -0.2) is 42.5 Å². The van der Waals surface area contributed by atoms with Gasteiger partial charge in [-0.05, 0) is 22.8 Å². The number of aliphatic hydroxyl groups is 2. The van der Waals surface area contributed by atoms with Gasteiger partial charge in [-0.1, -0.05) is 0 Å². The molecule has 0 radical (unpaired) electrons. The Kier molecular flexibility index (Phi) is 6.17. The molecule has 19 heavy (non-hydrogen) atoms. The number of rotatable bonds is 7. The molecule has 1 rings (SSSR count). The fourth-order valence-corrected chi connectivity index (χ4v) is 1.29. The van der Waals surface area contributed by atoms with Crippen LogP contribution in [0.2, 0.25) is 0 Å². The molecule has 0 fully saturated rings. The van der Waals surface area contributed by atoms with E-state index in [4.69, 9.17) is 25.2 Å². The van der Waals surface area contributed by atoms with E-state index in [2.05, 4.69) is 10.0 Å². The average molecular weight is 267 g/mol. The second-order valence-electron chi connectivity index (χ2n) is 3.33. The van der Waals surface area contributed by atoms with Crippen molar-refractivity contribution in [2.45, 2.75) is 0 Å². The molecule has 0 aliphatic carbocycles. The van der Waals surface area contributed by atoms with Crippen LogP contribution in [0.25, 0.3) is 10.4 Å². The Bertz CT molecular complexity index is 459. The summed E-state index contributed by atoms with van der Waals surface area (Å²) >= 11 is 0. The van der Waals surface area contributed by atoms with Gasteiger partial charge in [-0.2, -0.15) is 0 Å². The third kappa shape index (κ3) is 4.84. The zero-order valence-corrected chi connectivity index (χ0v) is 10.0. The fraction of sp³-hybridized carbons (Fsp3) is 0.364. The van der Waals surface area contributed by atoms with Crippen molar-refractivity contribution in [3.63, 3.8) is 0 Å². The molecule has 0 unspecified atom stereocenters. The van der Waals surface area contributed by atoms with Gasteiger partial charge in [-0.15, -0.1) is 0 Å². The van der Waals surface area contributed by atoms with Gasteiger partial charge in [0.2, 0.25) is 5.91 Å². The van der Waals surface area contributed by atoms with Crippen LogP contribution in [0.15, 0.2) is 23.3 Å². The molecule has 0 aromatic heterocycles. The minimum atomic E-state index is -0.772. The first-order valence-corrected chi connectivity index (χ1v) is 5.43. The van der Waals surface area contributed by atoms with E-state index >= 15 is 0 Å². The molecule has 0 atom stereocenters. The summed E-state index contributed by atoms with van der Waals surface area (Å²) in [5.41, 5.74) is 8.33. The largest absolute Gasteiger partial charge is 0.491 e. The predicted molar refractivity (Wildman–Crippen MR) is 65.1 cm³/mol. The maximum Gasteiger partial charge on any atom is 0.249 e. The molecular formula is C11H13N3O5. The lowest BCUT2D eigenvalue weighted by molar-refractivity contribution is 0.0999. The van der Waals surface area contributed by atoms with E-state index in [1.54, 1.807) is 0 Å². The smallest absolute Gasteiger partial charge is 0.249 e. The van der Waals surface area contributed by atoms with Crippen LogP contribution in [0.1, 0.15) is 10.4 Å². The Morgan fingerprint density at radius 2 is 1.68 bits per heavy atom. The van der Waals surface area contributed by atoms with Crippen LogP contribution < -0.4 is 9.47 Å². The highest BCUT2D eigenvalue weighted by molar-refractivity contribution is 5.95. The fourth-order valence-electron chi connectivity index (χ4n) is 1.29. The molecule has 8 heteroatoms. The summed E-state index contributed by atoms with van der Waals surface area (Å²) < 4.78 is 10.3. The highest BCUT2D eigenvalue weighted by atomic mass is 16.5. The van der Waals surface area contributed by atoms with Crippen molar-refractivity contribution in [3.8, 4) is 11.5 Å². The van der Waals surface area contributed by atoms with Crippen molar-refractivity contribution in [2.24, 2.45) is 5.11 Å². The number of ether oxygens (including phenoxy) is 2. The van der Waals surface area contributed by atoms with Crippen LogP contribution in [0.3, 0.4) is 0 Å². The Labute approximate surface area is 108 Å². The summed E-state index contributed by atoms with van der Waals surface area (Å²) in [5, 5.41) is 20.3. The molecule has 102 valence electrons. The van der Waals surface area contributed by atoms with Gasteiger partial charge < -0.3 is 19.7 Å². The maximum atomic E-state index is 11.5. The summed E-state index contributed by atoms with van der Waals surface area (Å²) in [6, 6.07) is 4.25. The summed E-state index contributed by atoms with van der Waals surface area (Å²) in [5.74, 6) is -0.187. The Hall–Kier alpha value is -2.28. The zero-order valence-electron chi connectivity index (χ0n) is 10.0. The number of hydrogen-bond acceptors (Lipinski definition) is 5. The summed E-state index contributed by atoms with van der Waals surface area (Å²) in [7, 11) is 0. The minimum Gasteiger partial charge on any atom is -0.491 e. The van der Waals surface area contributed by atoms with Crippen molar-refractivity contribution in [3.05, 3.63) is 34.2 Å². The van der Waals surface area contributed by atoms with Crippen molar-refractivity contribution in [2.75, 3.05) is 26.4 Å². The topological polar surface area (TPSA) is 125 Å². The Morgan fingerprint density at radius 3 is 2.11 bits per heavy atom. The molecular weight excluding hydrogens is 254 g/mol. The molecule has 0 aliphatic heterocycles. The van der Waals surface area contributed by atoms with E-state index in [-0.39, 0.29) is 32.0 Å². The van der Waals surface area contributed by atoms with Crippen molar-refractivity contribution in [1.82, 2.24) is 0 Å². The number of azide groups is 1. The number of nitrogens with zero attached hydrogens (tertiary/aromatic N) is 3. The SMILES string of the molecule is [N-]=[N+]=NC(=O)c1cc(OCCO)cc(OCCO)c1. The Morgan fingerprint density at radius 1 is 1.16 bits per heavy atom. The van der Waals surface area contributed by atoms with Crippen LogP contribution in [0.5, 0.6) is 11.5 Å². The van der Waals surface area contributed by atoms with Gasteiger partial charge in [0.15, 0.2) is 0 Å². The number of carbonyl (C=O) groups is 1. The second-order valence-corrected chi connectivity index (χ2v) is 3.33. The predicted octanol–water partition coefficient (Wildman–Crippen LogP) is 0.879. The van der Waals surface area contributed by atoms with Gasteiger partial charge in [0, 0.05) is 16.5 Å². The van der Waals surface area contributed by atoms with E-state index in [9.17, 15) is 4.79 Å². The molecule has 0 saturated carbocycles. The van der Waals surface area contributed by atoms with E-state index in [1.807, 2.05) is 0 Å². The molecule has 1 aromatic carbocycles. The van der Waals surface area contributed by atoms with Crippen molar-refractivity contribution in [1.29, 1.82) is 0 Å². The molecule has 2 N–H and O–H groups in total.